The second-order valence-corrected chi connectivity index (χ2v) is 4.52. The lowest BCUT2D eigenvalue weighted by molar-refractivity contribution is -0.136. The first-order valence-electron chi connectivity index (χ1n) is 3.78. The molecule has 80 valence electrons. The van der Waals surface area contributed by atoms with Gasteiger partial charge in [-0.3, -0.25) is 14.4 Å². The van der Waals surface area contributed by atoms with Crippen LogP contribution in [0.4, 0.5) is 4.79 Å². The molecule has 1 unspecified atom stereocenters. The van der Waals surface area contributed by atoms with Crippen molar-refractivity contribution in [1.29, 1.82) is 0 Å². The van der Waals surface area contributed by atoms with E-state index in [1.54, 1.807) is 6.92 Å². The summed E-state index contributed by atoms with van der Waals surface area (Å²) in [5.41, 5.74) is 0. The van der Waals surface area contributed by atoms with Crippen LogP contribution in [0.3, 0.4) is 0 Å². The van der Waals surface area contributed by atoms with Gasteiger partial charge in [0.2, 0.25) is 0 Å². The van der Waals surface area contributed by atoms with Crippen molar-refractivity contribution < 1.29 is 23.7 Å². The third-order valence-electron chi connectivity index (χ3n) is 1.11. The zero-order chi connectivity index (χ0) is 11.1. The van der Waals surface area contributed by atoms with Gasteiger partial charge in [-0.15, -0.1) is 0 Å². The Hall–Kier alpha value is -0.690. The summed E-state index contributed by atoms with van der Waals surface area (Å²) in [5.74, 6) is -1.59. The highest BCUT2D eigenvalue weighted by molar-refractivity contribution is 8.37. The van der Waals surface area contributed by atoms with Gasteiger partial charge in [-0.05, 0) is 6.92 Å². The van der Waals surface area contributed by atoms with E-state index in [4.69, 9.17) is 5.11 Å². The molecule has 0 aliphatic rings. The van der Waals surface area contributed by atoms with Crippen molar-refractivity contribution in [3.63, 3.8) is 0 Å². The molecular formula is C7H10O5S2. The first kappa shape index (κ1) is 13.3. The Balaban J connectivity index is 3.76. The zero-order valence-electron chi connectivity index (χ0n) is 7.68. The van der Waals surface area contributed by atoms with Crippen molar-refractivity contribution in [1.82, 2.24) is 0 Å². The predicted molar refractivity (Wildman–Crippen MR) is 54.1 cm³/mol. The van der Waals surface area contributed by atoms with E-state index in [9.17, 15) is 14.4 Å². The standard InChI is InChI=1S/C7H10O5S2/c1-3-5(8)12-14-7(11)13-4(2)6(9)10/h4H,3H2,1-2H3,(H,9,10). The van der Waals surface area contributed by atoms with E-state index in [1.807, 2.05) is 0 Å². The lowest BCUT2D eigenvalue weighted by Crippen LogP contribution is -2.13. The Kier molecular flexibility index (Phi) is 6.39. The highest BCUT2D eigenvalue weighted by atomic mass is 32.2. The van der Waals surface area contributed by atoms with Crippen molar-refractivity contribution in [3.8, 4) is 0 Å². The molecule has 0 aromatic rings. The van der Waals surface area contributed by atoms with Crippen LogP contribution in [-0.2, 0) is 13.8 Å². The highest BCUT2D eigenvalue weighted by Crippen LogP contribution is 2.22. The number of aliphatic carboxylic acids is 1. The fourth-order valence-corrected chi connectivity index (χ4v) is 1.71. The number of hydrogen-bond acceptors (Lipinski definition) is 6. The normalized spacial score (nSPS) is 11.9. The second kappa shape index (κ2) is 6.72. The molecule has 14 heavy (non-hydrogen) atoms. The molecule has 1 N–H and O–H groups in total. The van der Waals surface area contributed by atoms with Crippen LogP contribution in [-0.4, -0.2) is 26.7 Å². The number of thioether (sulfide) groups is 1. The van der Waals surface area contributed by atoms with E-state index < -0.39 is 21.6 Å². The quantitative estimate of drug-likeness (QED) is 0.752. The van der Waals surface area contributed by atoms with Crippen LogP contribution >= 0.6 is 23.8 Å². The fourth-order valence-electron chi connectivity index (χ4n) is 0.354. The third kappa shape index (κ3) is 5.87. The zero-order valence-corrected chi connectivity index (χ0v) is 9.31. The Bertz CT molecular complexity index is 240. The van der Waals surface area contributed by atoms with Gasteiger partial charge in [-0.1, -0.05) is 18.7 Å². The largest absolute Gasteiger partial charge is 0.480 e. The molecule has 0 saturated heterocycles. The van der Waals surface area contributed by atoms with E-state index >= 15 is 0 Å². The minimum Gasteiger partial charge on any atom is -0.480 e. The first-order valence-corrected chi connectivity index (χ1v) is 5.40. The monoisotopic (exact) mass is 238 g/mol. The summed E-state index contributed by atoms with van der Waals surface area (Å²) < 4.78 is 3.91. The van der Waals surface area contributed by atoms with Gasteiger partial charge >= 0.3 is 11.9 Å². The van der Waals surface area contributed by atoms with Crippen molar-refractivity contribution in [2.24, 2.45) is 0 Å². The molecule has 7 heteroatoms. The second-order valence-electron chi connectivity index (χ2n) is 2.24. The van der Waals surface area contributed by atoms with Crippen LogP contribution in [0.1, 0.15) is 20.3 Å². The van der Waals surface area contributed by atoms with Crippen LogP contribution in [0.15, 0.2) is 0 Å². The van der Waals surface area contributed by atoms with Crippen molar-refractivity contribution >= 4 is 40.2 Å². The van der Waals surface area contributed by atoms with Gasteiger partial charge in [0.25, 0.3) is 4.45 Å². The average Bonchev–Trinajstić information content (AvgIpc) is 2.13. The van der Waals surface area contributed by atoms with Gasteiger partial charge in [0.1, 0.15) is 17.3 Å². The van der Waals surface area contributed by atoms with Gasteiger partial charge in [0, 0.05) is 6.42 Å². The molecule has 5 nitrogen and oxygen atoms in total. The van der Waals surface area contributed by atoms with E-state index in [0.717, 1.165) is 0 Å². The number of hydrogen-bond donors (Lipinski definition) is 1. The molecule has 0 amide bonds. The molecule has 0 aliphatic carbocycles. The van der Waals surface area contributed by atoms with E-state index in [1.165, 1.54) is 6.92 Å². The topological polar surface area (TPSA) is 80.7 Å². The summed E-state index contributed by atoms with van der Waals surface area (Å²) in [7, 11) is 0. The van der Waals surface area contributed by atoms with E-state index in [0.29, 0.717) is 23.8 Å². The summed E-state index contributed by atoms with van der Waals surface area (Å²) >= 11 is 0.973. The molecule has 1 atom stereocenters. The maximum absolute atomic E-state index is 11.0. The molecule has 0 heterocycles. The number of carbonyl (C=O) groups excluding carboxylic acids is 2. The van der Waals surface area contributed by atoms with Gasteiger partial charge in [-0.2, -0.15) is 0 Å². The number of rotatable bonds is 3. The number of carboxylic acid groups (broad SMARTS) is 1. The Labute approximate surface area is 89.8 Å². The molecule has 0 saturated carbocycles. The maximum atomic E-state index is 11.0. The van der Waals surface area contributed by atoms with Crippen molar-refractivity contribution in [2.45, 2.75) is 25.5 Å². The van der Waals surface area contributed by atoms with Gasteiger partial charge in [-0.25, -0.2) is 0 Å². The van der Waals surface area contributed by atoms with E-state index in [-0.39, 0.29) is 6.42 Å². The molecule has 0 bridgehead atoms. The third-order valence-corrected chi connectivity index (χ3v) is 2.76. The Morgan fingerprint density at radius 2 is 2.00 bits per heavy atom. The first-order chi connectivity index (χ1) is 6.47. The fraction of sp³-hybridized carbons (Fsp3) is 0.571. The number of carbonyl (C=O) groups is 3. The van der Waals surface area contributed by atoms with Crippen LogP contribution < -0.4 is 0 Å². The van der Waals surface area contributed by atoms with Crippen LogP contribution in [0.5, 0.6) is 0 Å². The lowest BCUT2D eigenvalue weighted by atomic mass is 10.5. The summed E-state index contributed by atoms with van der Waals surface area (Å²) in [5, 5.41) is 7.63. The van der Waals surface area contributed by atoms with Crippen molar-refractivity contribution in [3.05, 3.63) is 0 Å². The van der Waals surface area contributed by atoms with Gasteiger partial charge in [0.05, 0.1) is 0 Å². The molecule has 0 spiro atoms. The van der Waals surface area contributed by atoms with E-state index in [2.05, 4.69) is 4.18 Å². The minimum absolute atomic E-state index is 0.180. The summed E-state index contributed by atoms with van der Waals surface area (Å²) in [6.45, 7) is 2.98. The molecule has 0 aromatic heterocycles. The SMILES string of the molecule is CCC(=O)OSC(=O)SC(C)C(=O)O. The smallest absolute Gasteiger partial charge is 0.318 e. The summed E-state index contributed by atoms with van der Waals surface area (Å²) in [4.78, 5) is 31.9. The lowest BCUT2D eigenvalue weighted by Gasteiger charge is -2.03. The molecule has 0 aliphatic heterocycles. The number of carboxylic acids is 1. The van der Waals surface area contributed by atoms with Gasteiger partial charge < -0.3 is 9.29 Å². The highest BCUT2D eigenvalue weighted by Gasteiger charge is 2.18. The molecule has 0 fully saturated rings. The average molecular weight is 238 g/mol. The van der Waals surface area contributed by atoms with Crippen LogP contribution in [0, 0.1) is 0 Å². The Morgan fingerprint density at radius 3 is 2.43 bits per heavy atom. The molecule has 0 radical (unpaired) electrons. The van der Waals surface area contributed by atoms with Crippen LogP contribution in [0.25, 0.3) is 0 Å². The predicted octanol–water partition coefficient (Wildman–Crippen LogP) is 1.91. The maximum Gasteiger partial charge on any atom is 0.318 e. The molecule has 0 aromatic carbocycles. The van der Waals surface area contributed by atoms with Crippen LogP contribution in [0.2, 0.25) is 0 Å². The summed E-state index contributed by atoms with van der Waals surface area (Å²) in [6, 6.07) is 0. The minimum atomic E-state index is -1.08. The summed E-state index contributed by atoms with van der Waals surface area (Å²) in [6.07, 6.45) is 0.180. The Morgan fingerprint density at radius 1 is 1.43 bits per heavy atom. The molecular weight excluding hydrogens is 228 g/mol. The molecule has 0 rings (SSSR count). The van der Waals surface area contributed by atoms with Crippen molar-refractivity contribution in [2.75, 3.05) is 0 Å². The van der Waals surface area contributed by atoms with Gasteiger partial charge in [0.15, 0.2) is 0 Å².